The van der Waals surface area contributed by atoms with Crippen LogP contribution >= 0.6 is 0 Å². The number of hydrogen-bond acceptors (Lipinski definition) is 5. The van der Waals surface area contributed by atoms with Crippen LogP contribution < -0.4 is 5.32 Å². The maximum atomic E-state index is 11.7. The summed E-state index contributed by atoms with van der Waals surface area (Å²) in [4.78, 5) is 14.0. The summed E-state index contributed by atoms with van der Waals surface area (Å²) in [6, 6.07) is 0.259. The molecule has 1 heterocycles. The highest BCUT2D eigenvalue weighted by Gasteiger charge is 2.28. The normalized spacial score (nSPS) is 24.7. The Kier molecular flexibility index (Phi) is 7.34. The summed E-state index contributed by atoms with van der Waals surface area (Å²) in [5.74, 6) is -0.169. The van der Waals surface area contributed by atoms with Crippen LogP contribution in [-0.4, -0.2) is 62.9 Å². The molecule has 0 radical (unpaired) electrons. The van der Waals surface area contributed by atoms with Crippen molar-refractivity contribution in [1.29, 1.82) is 0 Å². The smallest absolute Gasteiger partial charge is 0.322 e. The zero-order valence-electron chi connectivity index (χ0n) is 12.6. The number of esters is 1. The fourth-order valence-electron chi connectivity index (χ4n) is 2.56. The Morgan fingerprint density at radius 3 is 2.84 bits per heavy atom. The molecule has 0 spiro atoms. The Balaban J connectivity index is 2.39. The van der Waals surface area contributed by atoms with Crippen molar-refractivity contribution in [2.75, 3.05) is 33.9 Å². The minimum absolute atomic E-state index is 0.169. The third-order valence-electron chi connectivity index (χ3n) is 3.80. The molecule has 1 aliphatic rings. The minimum atomic E-state index is -0.204. The monoisotopic (exact) mass is 272 g/mol. The van der Waals surface area contributed by atoms with Gasteiger partial charge in [0.05, 0.1) is 13.2 Å². The predicted octanol–water partition coefficient (Wildman–Crippen LogP) is 1.03. The topological polar surface area (TPSA) is 50.8 Å². The number of ether oxygens (including phenoxy) is 2. The zero-order chi connectivity index (χ0) is 14.3. The van der Waals surface area contributed by atoms with Crippen LogP contribution in [0.1, 0.15) is 33.1 Å². The molecule has 3 atom stereocenters. The van der Waals surface area contributed by atoms with Gasteiger partial charge in [0.15, 0.2) is 0 Å². The second-order valence-electron chi connectivity index (χ2n) is 5.23. The molecule has 5 heteroatoms. The number of methoxy groups -OCH3 is 1. The lowest BCUT2D eigenvalue weighted by Gasteiger charge is -2.28. The summed E-state index contributed by atoms with van der Waals surface area (Å²) >= 11 is 0. The average molecular weight is 272 g/mol. The standard InChI is InChI=1S/C14H28N2O3/c1-5-8-15-12(14(17)18-4)6-9-16(3)13-7-10-19-11(13)2/h11-13,15H,5-10H2,1-4H3. The second kappa shape index (κ2) is 8.51. The second-order valence-corrected chi connectivity index (χ2v) is 5.23. The summed E-state index contributed by atoms with van der Waals surface area (Å²) in [5, 5.41) is 3.24. The molecule has 1 N–H and O–H groups in total. The first-order valence-electron chi connectivity index (χ1n) is 7.23. The number of nitrogens with one attached hydrogen (secondary N) is 1. The van der Waals surface area contributed by atoms with Gasteiger partial charge in [-0.25, -0.2) is 0 Å². The number of likely N-dealkylation sites (N-methyl/N-ethyl adjacent to an activating group) is 1. The van der Waals surface area contributed by atoms with Crippen LogP contribution in [0.15, 0.2) is 0 Å². The molecule has 0 aromatic rings. The molecule has 19 heavy (non-hydrogen) atoms. The highest BCUT2D eigenvalue weighted by atomic mass is 16.5. The number of rotatable bonds is 8. The lowest BCUT2D eigenvalue weighted by atomic mass is 10.1. The molecule has 1 saturated heterocycles. The van der Waals surface area contributed by atoms with E-state index in [1.54, 1.807) is 0 Å². The van der Waals surface area contributed by atoms with Crippen molar-refractivity contribution in [1.82, 2.24) is 10.2 Å². The Hall–Kier alpha value is -0.650. The fraction of sp³-hybridized carbons (Fsp3) is 0.929. The van der Waals surface area contributed by atoms with E-state index in [9.17, 15) is 4.79 Å². The number of nitrogens with zero attached hydrogens (tertiary/aromatic N) is 1. The van der Waals surface area contributed by atoms with Gasteiger partial charge in [-0.15, -0.1) is 0 Å². The zero-order valence-corrected chi connectivity index (χ0v) is 12.6. The first-order valence-corrected chi connectivity index (χ1v) is 7.23. The van der Waals surface area contributed by atoms with Crippen LogP contribution in [-0.2, 0) is 14.3 Å². The molecule has 112 valence electrons. The summed E-state index contributed by atoms with van der Waals surface area (Å²) in [5.41, 5.74) is 0. The third kappa shape index (κ3) is 5.09. The molecular weight excluding hydrogens is 244 g/mol. The van der Waals surface area contributed by atoms with E-state index in [-0.39, 0.29) is 18.1 Å². The molecule has 5 nitrogen and oxygen atoms in total. The highest BCUT2D eigenvalue weighted by Crippen LogP contribution is 2.18. The van der Waals surface area contributed by atoms with Gasteiger partial charge in [-0.3, -0.25) is 4.79 Å². The minimum Gasteiger partial charge on any atom is -0.468 e. The van der Waals surface area contributed by atoms with Crippen molar-refractivity contribution >= 4 is 5.97 Å². The highest BCUT2D eigenvalue weighted by molar-refractivity contribution is 5.75. The molecule has 0 aromatic heterocycles. The van der Waals surface area contributed by atoms with Crippen LogP contribution in [0.25, 0.3) is 0 Å². The van der Waals surface area contributed by atoms with Crippen LogP contribution in [0.3, 0.4) is 0 Å². The quantitative estimate of drug-likeness (QED) is 0.669. The van der Waals surface area contributed by atoms with Gasteiger partial charge in [-0.05, 0) is 39.8 Å². The first kappa shape index (κ1) is 16.4. The van der Waals surface area contributed by atoms with Crippen molar-refractivity contribution in [2.45, 2.75) is 51.3 Å². The van der Waals surface area contributed by atoms with E-state index in [4.69, 9.17) is 9.47 Å². The van der Waals surface area contributed by atoms with E-state index in [0.717, 1.165) is 39.0 Å². The van der Waals surface area contributed by atoms with Crippen molar-refractivity contribution < 1.29 is 14.3 Å². The van der Waals surface area contributed by atoms with E-state index >= 15 is 0 Å². The van der Waals surface area contributed by atoms with Gasteiger partial charge in [0.2, 0.25) is 0 Å². The van der Waals surface area contributed by atoms with Crippen molar-refractivity contribution in [2.24, 2.45) is 0 Å². The van der Waals surface area contributed by atoms with E-state index in [0.29, 0.717) is 6.04 Å². The molecular formula is C14H28N2O3. The summed E-state index contributed by atoms with van der Waals surface area (Å²) in [6.45, 7) is 6.75. The van der Waals surface area contributed by atoms with Crippen LogP contribution in [0.2, 0.25) is 0 Å². The summed E-state index contributed by atoms with van der Waals surface area (Å²) in [7, 11) is 3.55. The average Bonchev–Trinajstić information content (AvgIpc) is 2.84. The van der Waals surface area contributed by atoms with E-state index in [1.165, 1.54) is 7.11 Å². The molecule has 0 aromatic carbocycles. The lowest BCUT2D eigenvalue weighted by molar-refractivity contribution is -0.143. The molecule has 1 rings (SSSR count). The largest absolute Gasteiger partial charge is 0.468 e. The number of hydrogen-bond donors (Lipinski definition) is 1. The van der Waals surface area contributed by atoms with Gasteiger partial charge < -0.3 is 19.7 Å². The predicted molar refractivity (Wildman–Crippen MR) is 75.2 cm³/mol. The van der Waals surface area contributed by atoms with E-state index < -0.39 is 0 Å². The molecule has 0 aliphatic carbocycles. The first-order chi connectivity index (χ1) is 9.10. The van der Waals surface area contributed by atoms with Crippen LogP contribution in [0.5, 0.6) is 0 Å². The SMILES string of the molecule is CCCNC(CCN(C)C1CCOC1C)C(=O)OC. The van der Waals surface area contributed by atoms with Crippen LogP contribution in [0.4, 0.5) is 0 Å². The van der Waals surface area contributed by atoms with Gasteiger partial charge in [0.25, 0.3) is 0 Å². The fourth-order valence-corrected chi connectivity index (χ4v) is 2.56. The maximum Gasteiger partial charge on any atom is 0.322 e. The summed E-state index contributed by atoms with van der Waals surface area (Å²) < 4.78 is 10.4. The van der Waals surface area contributed by atoms with Gasteiger partial charge in [0.1, 0.15) is 6.04 Å². The third-order valence-corrected chi connectivity index (χ3v) is 3.80. The number of carbonyl (C=O) groups excluding carboxylic acids is 1. The number of carbonyl (C=O) groups is 1. The Bertz CT molecular complexity index is 273. The molecule has 1 fully saturated rings. The van der Waals surface area contributed by atoms with E-state index in [1.807, 2.05) is 0 Å². The Labute approximate surface area is 116 Å². The van der Waals surface area contributed by atoms with Crippen molar-refractivity contribution in [3.05, 3.63) is 0 Å². The van der Waals surface area contributed by atoms with Crippen molar-refractivity contribution in [3.63, 3.8) is 0 Å². The van der Waals surface area contributed by atoms with Gasteiger partial charge >= 0.3 is 5.97 Å². The molecule has 0 saturated carbocycles. The molecule has 0 bridgehead atoms. The maximum absolute atomic E-state index is 11.7. The Morgan fingerprint density at radius 2 is 2.32 bits per heavy atom. The van der Waals surface area contributed by atoms with Gasteiger partial charge in [0, 0.05) is 19.2 Å². The molecule has 3 unspecified atom stereocenters. The van der Waals surface area contributed by atoms with Gasteiger partial charge in [-0.2, -0.15) is 0 Å². The Morgan fingerprint density at radius 1 is 1.58 bits per heavy atom. The molecule has 1 aliphatic heterocycles. The lowest BCUT2D eigenvalue weighted by Crippen LogP contribution is -2.43. The van der Waals surface area contributed by atoms with Crippen molar-refractivity contribution in [3.8, 4) is 0 Å². The summed E-state index contributed by atoms with van der Waals surface area (Å²) in [6.07, 6.45) is 3.14. The van der Waals surface area contributed by atoms with E-state index in [2.05, 4.69) is 31.1 Å². The van der Waals surface area contributed by atoms with Gasteiger partial charge in [-0.1, -0.05) is 6.92 Å². The molecule has 0 amide bonds. The van der Waals surface area contributed by atoms with Crippen LogP contribution in [0, 0.1) is 0 Å².